The minimum atomic E-state index is 0.323. The third-order valence-corrected chi connectivity index (χ3v) is 3.79. The van der Waals surface area contributed by atoms with E-state index in [1.54, 1.807) is 6.20 Å². The molecule has 0 aliphatic carbocycles. The molecule has 0 radical (unpaired) electrons. The molecule has 2 atom stereocenters. The first-order chi connectivity index (χ1) is 8.34. The van der Waals surface area contributed by atoms with Crippen molar-refractivity contribution in [2.45, 2.75) is 37.9 Å². The van der Waals surface area contributed by atoms with E-state index in [-0.39, 0.29) is 0 Å². The van der Waals surface area contributed by atoms with Crippen LogP contribution >= 0.6 is 0 Å². The van der Waals surface area contributed by atoms with Crippen LogP contribution in [-0.4, -0.2) is 45.8 Å². The lowest BCUT2D eigenvalue weighted by molar-refractivity contribution is -0.127. The maximum absolute atomic E-state index is 11.7. The van der Waals surface area contributed by atoms with E-state index in [9.17, 15) is 4.79 Å². The first kappa shape index (κ1) is 10.8. The zero-order chi connectivity index (χ0) is 11.7. The second-order valence-corrected chi connectivity index (χ2v) is 4.83. The quantitative estimate of drug-likeness (QED) is 0.811. The van der Waals surface area contributed by atoms with Gasteiger partial charge in [0, 0.05) is 44.0 Å². The molecule has 0 spiro atoms. The second-order valence-electron chi connectivity index (χ2n) is 4.83. The van der Waals surface area contributed by atoms with Crippen LogP contribution in [0.25, 0.3) is 0 Å². The Morgan fingerprint density at radius 3 is 3.29 bits per heavy atom. The Kier molecular flexibility index (Phi) is 2.84. The van der Waals surface area contributed by atoms with Crippen LogP contribution in [0.3, 0.4) is 0 Å². The lowest BCUT2D eigenvalue weighted by atomic mass is 10.1. The van der Waals surface area contributed by atoms with Gasteiger partial charge in [-0.1, -0.05) is 0 Å². The van der Waals surface area contributed by atoms with Gasteiger partial charge in [-0.3, -0.25) is 9.48 Å². The molecule has 0 saturated carbocycles. The number of carbonyl (C=O) groups is 1. The lowest BCUT2D eigenvalue weighted by Gasteiger charge is -2.20. The third kappa shape index (κ3) is 2.07. The van der Waals surface area contributed by atoms with E-state index in [0.29, 0.717) is 24.4 Å². The van der Waals surface area contributed by atoms with Gasteiger partial charge in [0.15, 0.2) is 0 Å². The summed E-state index contributed by atoms with van der Waals surface area (Å²) in [6.45, 7) is 2.70. The smallest absolute Gasteiger partial charge is 0.224 e. The molecule has 5 heteroatoms. The maximum Gasteiger partial charge on any atom is 0.224 e. The monoisotopic (exact) mass is 234 g/mol. The van der Waals surface area contributed by atoms with Crippen molar-refractivity contribution >= 4 is 5.91 Å². The number of fused-ring (bicyclic) bond motifs is 1. The molecular weight excluding hydrogens is 216 g/mol. The van der Waals surface area contributed by atoms with Gasteiger partial charge >= 0.3 is 0 Å². The van der Waals surface area contributed by atoms with Gasteiger partial charge in [-0.2, -0.15) is 5.10 Å². The molecule has 0 aromatic carbocycles. The maximum atomic E-state index is 11.7. The summed E-state index contributed by atoms with van der Waals surface area (Å²) in [6.07, 6.45) is 6.74. The highest BCUT2D eigenvalue weighted by Gasteiger charge is 2.41. The van der Waals surface area contributed by atoms with Crippen LogP contribution in [0.4, 0.5) is 0 Å². The predicted molar refractivity (Wildman–Crippen MR) is 63.4 cm³/mol. The summed E-state index contributed by atoms with van der Waals surface area (Å²) in [7, 11) is 0. The van der Waals surface area contributed by atoms with Crippen LogP contribution in [0.1, 0.15) is 19.3 Å². The summed E-state index contributed by atoms with van der Waals surface area (Å²) in [6, 6.07) is 2.72. The number of rotatable bonds is 4. The van der Waals surface area contributed by atoms with Gasteiger partial charge in [0.25, 0.3) is 0 Å². The van der Waals surface area contributed by atoms with Gasteiger partial charge in [-0.15, -0.1) is 0 Å². The summed E-state index contributed by atoms with van der Waals surface area (Å²) in [5.74, 6) is 0.323. The van der Waals surface area contributed by atoms with Gasteiger partial charge < -0.3 is 10.2 Å². The van der Waals surface area contributed by atoms with Crippen molar-refractivity contribution in [1.82, 2.24) is 20.0 Å². The average Bonchev–Trinajstić information content (AvgIpc) is 3.01. The molecule has 92 valence electrons. The molecule has 2 aliphatic rings. The Morgan fingerprint density at radius 2 is 2.47 bits per heavy atom. The number of hydrogen-bond acceptors (Lipinski definition) is 3. The van der Waals surface area contributed by atoms with Crippen LogP contribution in [0.2, 0.25) is 0 Å². The largest absolute Gasteiger partial charge is 0.338 e. The number of nitrogens with one attached hydrogen (secondary N) is 1. The normalized spacial score (nSPS) is 27.8. The Morgan fingerprint density at radius 1 is 1.53 bits per heavy atom. The van der Waals surface area contributed by atoms with Crippen molar-refractivity contribution in [3.05, 3.63) is 18.5 Å². The van der Waals surface area contributed by atoms with Gasteiger partial charge in [0.05, 0.1) is 6.54 Å². The Hall–Kier alpha value is -1.36. The van der Waals surface area contributed by atoms with Crippen molar-refractivity contribution < 1.29 is 4.79 Å². The number of hydrogen-bond donors (Lipinski definition) is 1. The van der Waals surface area contributed by atoms with Crippen molar-refractivity contribution in [3.8, 4) is 0 Å². The zero-order valence-electron chi connectivity index (χ0n) is 9.88. The zero-order valence-corrected chi connectivity index (χ0v) is 9.88. The summed E-state index contributed by atoms with van der Waals surface area (Å²) >= 11 is 0. The average molecular weight is 234 g/mol. The lowest BCUT2D eigenvalue weighted by Crippen LogP contribution is -2.40. The van der Waals surface area contributed by atoms with Crippen LogP contribution in [0.15, 0.2) is 18.5 Å². The summed E-state index contributed by atoms with van der Waals surface area (Å²) in [5, 5.41) is 7.66. The molecule has 2 saturated heterocycles. The molecule has 0 bridgehead atoms. The number of nitrogens with zero attached hydrogens (tertiary/aromatic N) is 3. The predicted octanol–water partition coefficient (Wildman–Crippen LogP) is 0.236. The van der Waals surface area contributed by atoms with Gasteiger partial charge in [0.2, 0.25) is 5.91 Å². The summed E-state index contributed by atoms with van der Waals surface area (Å²) < 4.78 is 1.91. The van der Waals surface area contributed by atoms with E-state index in [1.807, 2.05) is 21.8 Å². The van der Waals surface area contributed by atoms with Crippen molar-refractivity contribution in [2.24, 2.45) is 0 Å². The van der Waals surface area contributed by atoms with Crippen LogP contribution in [0, 0.1) is 0 Å². The Balaban J connectivity index is 1.51. The van der Waals surface area contributed by atoms with Crippen LogP contribution in [-0.2, 0) is 11.3 Å². The third-order valence-electron chi connectivity index (χ3n) is 3.79. The Labute approximate surface area is 101 Å². The highest BCUT2D eigenvalue weighted by atomic mass is 16.2. The molecule has 3 rings (SSSR count). The molecule has 2 unspecified atom stereocenters. The molecule has 5 nitrogen and oxygen atoms in total. The van der Waals surface area contributed by atoms with Gasteiger partial charge in [-0.25, -0.2) is 0 Å². The summed E-state index contributed by atoms with van der Waals surface area (Å²) in [5.41, 5.74) is 0. The van der Waals surface area contributed by atoms with Gasteiger partial charge in [-0.05, 0) is 18.9 Å². The molecule has 17 heavy (non-hydrogen) atoms. The first-order valence-corrected chi connectivity index (χ1v) is 6.35. The standard InChI is InChI=1S/C12H18N4O/c17-12-9-10(11-3-1-7-16(11)12)13-5-8-15-6-2-4-14-15/h2,4,6,10-11,13H,1,3,5,7-9H2. The van der Waals surface area contributed by atoms with Crippen LogP contribution in [0.5, 0.6) is 0 Å². The van der Waals surface area contributed by atoms with Crippen molar-refractivity contribution in [2.75, 3.05) is 13.1 Å². The molecule has 2 fully saturated rings. The number of carbonyl (C=O) groups excluding carboxylic acids is 1. The fraction of sp³-hybridized carbons (Fsp3) is 0.667. The molecule has 1 amide bonds. The van der Waals surface area contributed by atoms with Gasteiger partial charge in [0.1, 0.15) is 0 Å². The molecule has 1 aromatic heterocycles. The van der Waals surface area contributed by atoms with E-state index < -0.39 is 0 Å². The van der Waals surface area contributed by atoms with E-state index in [2.05, 4.69) is 10.4 Å². The highest BCUT2D eigenvalue weighted by Crippen LogP contribution is 2.28. The molecule has 2 aliphatic heterocycles. The van der Waals surface area contributed by atoms with Crippen molar-refractivity contribution in [3.63, 3.8) is 0 Å². The van der Waals surface area contributed by atoms with E-state index in [1.165, 1.54) is 0 Å². The SMILES string of the molecule is O=C1CC(NCCn2cccn2)C2CCCN12. The van der Waals surface area contributed by atoms with Crippen molar-refractivity contribution in [1.29, 1.82) is 0 Å². The van der Waals surface area contributed by atoms with E-state index in [4.69, 9.17) is 0 Å². The van der Waals surface area contributed by atoms with Crippen LogP contribution < -0.4 is 5.32 Å². The molecule has 1 aromatic rings. The van der Waals surface area contributed by atoms with E-state index >= 15 is 0 Å². The second kappa shape index (κ2) is 4.49. The highest BCUT2D eigenvalue weighted by molar-refractivity contribution is 5.80. The minimum absolute atomic E-state index is 0.323. The number of aromatic nitrogens is 2. The first-order valence-electron chi connectivity index (χ1n) is 6.35. The number of amides is 1. The minimum Gasteiger partial charge on any atom is -0.338 e. The molecule has 1 N–H and O–H groups in total. The topological polar surface area (TPSA) is 50.2 Å². The molecule has 3 heterocycles. The summed E-state index contributed by atoms with van der Waals surface area (Å²) in [4.78, 5) is 13.8. The molecular formula is C12H18N4O. The fourth-order valence-corrected chi connectivity index (χ4v) is 2.97. The Bertz CT molecular complexity index is 389. The van der Waals surface area contributed by atoms with E-state index in [0.717, 1.165) is 32.5 Å². The fourth-order valence-electron chi connectivity index (χ4n) is 2.97.